The monoisotopic (exact) mass is 334 g/mol. The zero-order chi connectivity index (χ0) is 17.3. The van der Waals surface area contributed by atoms with E-state index >= 15 is 0 Å². The molecule has 2 atom stereocenters. The average molecular weight is 334 g/mol. The van der Waals surface area contributed by atoms with Gasteiger partial charge in [-0.1, -0.05) is 37.1 Å². The zero-order valence-electron chi connectivity index (χ0n) is 14.2. The number of rotatable bonds is 3. The van der Waals surface area contributed by atoms with Gasteiger partial charge in [0.15, 0.2) is 0 Å². The molecule has 1 saturated heterocycles. The first kappa shape index (κ1) is 16.0. The molecule has 128 valence electrons. The highest BCUT2D eigenvalue weighted by Crippen LogP contribution is 2.44. The van der Waals surface area contributed by atoms with Crippen molar-refractivity contribution in [3.05, 3.63) is 42.2 Å². The summed E-state index contributed by atoms with van der Waals surface area (Å²) in [5, 5.41) is 17.8. The summed E-state index contributed by atoms with van der Waals surface area (Å²) in [5.41, 5.74) is 1.05. The lowest BCUT2D eigenvalue weighted by atomic mass is 9.84. The molecule has 4 rings (SSSR count). The summed E-state index contributed by atoms with van der Waals surface area (Å²) in [6.45, 7) is 0.915. The summed E-state index contributed by atoms with van der Waals surface area (Å²) in [5.74, 6) is -0.0803. The second-order valence-corrected chi connectivity index (χ2v) is 7.37. The van der Waals surface area contributed by atoms with Gasteiger partial charge in [0.2, 0.25) is 5.91 Å². The van der Waals surface area contributed by atoms with Crippen molar-refractivity contribution >= 4 is 16.7 Å². The van der Waals surface area contributed by atoms with Crippen LogP contribution in [0, 0.1) is 16.7 Å². The van der Waals surface area contributed by atoms with Gasteiger partial charge in [-0.25, -0.2) is 0 Å². The molecule has 2 fully saturated rings. The largest absolute Gasteiger partial charge is 0.335 e. The fourth-order valence-electron chi connectivity index (χ4n) is 4.40. The Balaban J connectivity index is 1.52. The zero-order valence-corrected chi connectivity index (χ0v) is 14.2. The van der Waals surface area contributed by atoms with Gasteiger partial charge in [0.25, 0.3) is 0 Å². The van der Waals surface area contributed by atoms with E-state index in [1.807, 2.05) is 24.3 Å². The summed E-state index contributed by atoms with van der Waals surface area (Å²) in [6.07, 6.45) is 9.27. The molecule has 1 aliphatic heterocycles. The van der Waals surface area contributed by atoms with Crippen LogP contribution in [-0.2, 0) is 4.79 Å². The number of hydrogen-bond donors (Lipinski definition) is 2. The molecule has 1 aromatic carbocycles. The first-order valence-electron chi connectivity index (χ1n) is 8.97. The van der Waals surface area contributed by atoms with Crippen molar-refractivity contribution < 1.29 is 4.79 Å². The molecule has 1 saturated carbocycles. The maximum atomic E-state index is 12.7. The average Bonchev–Trinajstić information content (AvgIpc) is 3.29. The SMILES string of the molecule is N#CC(NC(=O)C1CC2(CCCC2)CN1)c1cncc2ccccc12. The third-order valence-corrected chi connectivity index (χ3v) is 5.77. The molecule has 1 aromatic heterocycles. The van der Waals surface area contributed by atoms with E-state index in [2.05, 4.69) is 21.7 Å². The maximum absolute atomic E-state index is 12.7. The van der Waals surface area contributed by atoms with E-state index in [-0.39, 0.29) is 11.9 Å². The van der Waals surface area contributed by atoms with E-state index in [1.54, 1.807) is 12.4 Å². The Kier molecular flexibility index (Phi) is 4.14. The van der Waals surface area contributed by atoms with Crippen LogP contribution < -0.4 is 10.6 Å². The lowest BCUT2D eigenvalue weighted by molar-refractivity contribution is -0.123. The van der Waals surface area contributed by atoms with Crippen LogP contribution in [0.2, 0.25) is 0 Å². The summed E-state index contributed by atoms with van der Waals surface area (Å²) >= 11 is 0. The van der Waals surface area contributed by atoms with Gasteiger partial charge in [-0.05, 0) is 30.1 Å². The van der Waals surface area contributed by atoms with Gasteiger partial charge in [0, 0.05) is 29.9 Å². The number of carbonyl (C=O) groups excluding carboxylic acids is 1. The Labute approximate surface area is 147 Å². The third-order valence-electron chi connectivity index (χ3n) is 5.77. The van der Waals surface area contributed by atoms with Crippen LogP contribution in [0.3, 0.4) is 0 Å². The highest BCUT2D eigenvalue weighted by atomic mass is 16.2. The summed E-state index contributed by atoms with van der Waals surface area (Å²) in [6, 6.07) is 9.14. The first-order chi connectivity index (χ1) is 12.2. The van der Waals surface area contributed by atoms with E-state index < -0.39 is 6.04 Å². The van der Waals surface area contributed by atoms with E-state index in [9.17, 15) is 10.1 Å². The minimum Gasteiger partial charge on any atom is -0.335 e. The molecular formula is C20H22N4O. The minimum atomic E-state index is -0.687. The molecule has 25 heavy (non-hydrogen) atoms. The topological polar surface area (TPSA) is 77.8 Å². The molecule has 5 nitrogen and oxygen atoms in total. The van der Waals surface area contributed by atoms with Crippen LogP contribution in [0.4, 0.5) is 0 Å². The number of hydrogen-bond acceptors (Lipinski definition) is 4. The van der Waals surface area contributed by atoms with Gasteiger partial charge in [0.1, 0.15) is 6.04 Å². The molecule has 0 bridgehead atoms. The lowest BCUT2D eigenvalue weighted by Crippen LogP contribution is -2.41. The quantitative estimate of drug-likeness (QED) is 0.905. The molecule has 1 amide bonds. The van der Waals surface area contributed by atoms with E-state index in [0.717, 1.165) is 29.3 Å². The highest BCUT2D eigenvalue weighted by molar-refractivity contribution is 5.87. The van der Waals surface area contributed by atoms with Crippen molar-refractivity contribution in [3.63, 3.8) is 0 Å². The first-order valence-corrected chi connectivity index (χ1v) is 8.97. The second kappa shape index (κ2) is 6.45. The van der Waals surface area contributed by atoms with Crippen LogP contribution in [0.15, 0.2) is 36.7 Å². The maximum Gasteiger partial charge on any atom is 0.238 e. The fraction of sp³-hybridized carbons (Fsp3) is 0.450. The molecular weight excluding hydrogens is 312 g/mol. The normalized spacial score (nSPS) is 22.8. The minimum absolute atomic E-state index is 0.0803. The molecule has 2 aromatic rings. The molecule has 2 aliphatic rings. The van der Waals surface area contributed by atoms with Crippen molar-refractivity contribution in [3.8, 4) is 6.07 Å². The van der Waals surface area contributed by atoms with E-state index in [4.69, 9.17) is 0 Å². The van der Waals surface area contributed by atoms with Crippen LogP contribution in [0.5, 0.6) is 0 Å². The van der Waals surface area contributed by atoms with Gasteiger partial charge in [0.05, 0.1) is 12.1 Å². The number of aromatic nitrogens is 1. The van der Waals surface area contributed by atoms with Gasteiger partial charge in [-0.15, -0.1) is 0 Å². The molecule has 0 radical (unpaired) electrons. The molecule has 2 unspecified atom stereocenters. The van der Waals surface area contributed by atoms with Gasteiger partial charge < -0.3 is 10.6 Å². The summed E-state index contributed by atoms with van der Waals surface area (Å²) < 4.78 is 0. The van der Waals surface area contributed by atoms with Crippen molar-refractivity contribution in [2.75, 3.05) is 6.54 Å². The fourth-order valence-corrected chi connectivity index (χ4v) is 4.40. The number of nitrogens with zero attached hydrogens (tertiary/aromatic N) is 2. The van der Waals surface area contributed by atoms with Gasteiger partial charge in [-0.2, -0.15) is 5.26 Å². The molecule has 2 N–H and O–H groups in total. The number of benzene rings is 1. The van der Waals surface area contributed by atoms with E-state index in [1.165, 1.54) is 25.7 Å². The van der Waals surface area contributed by atoms with Crippen LogP contribution in [0.25, 0.3) is 10.8 Å². The summed E-state index contributed by atoms with van der Waals surface area (Å²) in [7, 11) is 0. The number of fused-ring (bicyclic) bond motifs is 1. The lowest BCUT2D eigenvalue weighted by Gasteiger charge is -2.21. The Morgan fingerprint density at radius 3 is 2.92 bits per heavy atom. The molecule has 1 spiro atoms. The van der Waals surface area contributed by atoms with Crippen LogP contribution in [0.1, 0.15) is 43.7 Å². The van der Waals surface area contributed by atoms with Crippen LogP contribution in [-0.4, -0.2) is 23.5 Å². The van der Waals surface area contributed by atoms with E-state index in [0.29, 0.717) is 5.41 Å². The standard InChI is InChI=1S/C20H22N4O/c21-10-18(16-12-22-11-14-5-1-2-6-15(14)16)24-19(25)17-9-20(13-23-17)7-3-4-8-20/h1-2,5-6,11-12,17-18,23H,3-4,7-9,13H2,(H,24,25). The van der Waals surface area contributed by atoms with Crippen molar-refractivity contribution in [2.45, 2.75) is 44.2 Å². The Morgan fingerprint density at radius 2 is 2.12 bits per heavy atom. The third kappa shape index (κ3) is 2.98. The Bertz CT molecular complexity index is 830. The van der Waals surface area contributed by atoms with Gasteiger partial charge in [-0.3, -0.25) is 9.78 Å². The Hall–Kier alpha value is -2.45. The van der Waals surface area contributed by atoms with Crippen molar-refractivity contribution in [1.82, 2.24) is 15.6 Å². The molecule has 1 aliphatic carbocycles. The number of amides is 1. The van der Waals surface area contributed by atoms with Crippen molar-refractivity contribution in [2.24, 2.45) is 5.41 Å². The van der Waals surface area contributed by atoms with Crippen molar-refractivity contribution in [1.29, 1.82) is 5.26 Å². The number of nitrogens with one attached hydrogen (secondary N) is 2. The van der Waals surface area contributed by atoms with Crippen LogP contribution >= 0.6 is 0 Å². The van der Waals surface area contributed by atoms with Gasteiger partial charge >= 0.3 is 0 Å². The smallest absolute Gasteiger partial charge is 0.238 e. The number of carbonyl (C=O) groups is 1. The number of pyridine rings is 1. The molecule has 2 heterocycles. The molecule has 5 heteroatoms. The second-order valence-electron chi connectivity index (χ2n) is 7.37. The predicted molar refractivity (Wildman–Crippen MR) is 95.5 cm³/mol. The Morgan fingerprint density at radius 1 is 1.32 bits per heavy atom. The predicted octanol–water partition coefficient (Wildman–Crippen LogP) is 2.84. The highest BCUT2D eigenvalue weighted by Gasteiger charge is 2.43. The number of nitriles is 1. The summed E-state index contributed by atoms with van der Waals surface area (Å²) in [4.78, 5) is 16.9.